The SMILES string of the molecule is C[NH+](C)[C@H](CNC(=O)CCOc1ccccc1)c1ccco1. The van der Waals surface area contributed by atoms with Gasteiger partial charge in [0.05, 0.1) is 39.9 Å². The predicted molar refractivity (Wildman–Crippen MR) is 83.8 cm³/mol. The number of rotatable bonds is 8. The van der Waals surface area contributed by atoms with Gasteiger partial charge in [0.15, 0.2) is 11.8 Å². The van der Waals surface area contributed by atoms with Gasteiger partial charge in [0.2, 0.25) is 5.91 Å². The van der Waals surface area contributed by atoms with Gasteiger partial charge in [0, 0.05) is 0 Å². The topological polar surface area (TPSA) is 55.9 Å². The molecule has 2 rings (SSSR count). The Balaban J connectivity index is 1.72. The lowest BCUT2D eigenvalue weighted by atomic mass is 10.2. The molecule has 0 aliphatic heterocycles. The van der Waals surface area contributed by atoms with Crippen molar-refractivity contribution in [2.75, 3.05) is 27.2 Å². The minimum atomic E-state index is -0.0197. The fourth-order valence-corrected chi connectivity index (χ4v) is 2.16. The number of nitrogens with one attached hydrogen (secondary N) is 2. The summed E-state index contributed by atoms with van der Waals surface area (Å²) in [7, 11) is 4.08. The average molecular weight is 303 g/mol. The van der Waals surface area contributed by atoms with Crippen molar-refractivity contribution in [1.82, 2.24) is 5.32 Å². The molecule has 2 aromatic rings. The first kappa shape index (κ1) is 16.1. The van der Waals surface area contributed by atoms with Crippen LogP contribution in [0.5, 0.6) is 5.75 Å². The van der Waals surface area contributed by atoms with E-state index in [0.717, 1.165) is 11.5 Å². The van der Waals surface area contributed by atoms with Gasteiger partial charge in [0.1, 0.15) is 5.75 Å². The standard InChI is InChI=1S/C17H22N2O3/c1-19(2)15(16-9-6-11-22-16)13-18-17(20)10-12-21-14-7-4-3-5-8-14/h3-9,11,15H,10,12-13H2,1-2H3,(H,18,20)/p+1/t15-/m1/s1. The van der Waals surface area contributed by atoms with E-state index in [4.69, 9.17) is 9.15 Å². The van der Waals surface area contributed by atoms with E-state index in [1.54, 1.807) is 6.26 Å². The molecule has 22 heavy (non-hydrogen) atoms. The normalized spacial score (nSPS) is 12.1. The Morgan fingerprint density at radius 3 is 2.64 bits per heavy atom. The van der Waals surface area contributed by atoms with E-state index in [0.29, 0.717) is 19.6 Å². The molecule has 1 aromatic carbocycles. The minimum Gasteiger partial charge on any atom is -0.493 e. The second-order valence-corrected chi connectivity index (χ2v) is 5.36. The largest absolute Gasteiger partial charge is 0.493 e. The first-order valence-corrected chi connectivity index (χ1v) is 7.45. The second kappa shape index (κ2) is 8.24. The van der Waals surface area contributed by atoms with Gasteiger partial charge in [0.25, 0.3) is 0 Å². The molecule has 2 N–H and O–H groups in total. The molecule has 0 radical (unpaired) electrons. The lowest BCUT2D eigenvalue weighted by Gasteiger charge is -2.19. The molecule has 0 aliphatic carbocycles. The number of carbonyl (C=O) groups excluding carboxylic acids is 1. The van der Waals surface area contributed by atoms with Crippen LogP contribution >= 0.6 is 0 Å². The third kappa shape index (κ3) is 4.93. The van der Waals surface area contributed by atoms with Crippen LogP contribution in [0.1, 0.15) is 18.2 Å². The maximum absolute atomic E-state index is 11.9. The summed E-state index contributed by atoms with van der Waals surface area (Å²) in [5.74, 6) is 1.64. The number of amides is 1. The predicted octanol–water partition coefficient (Wildman–Crippen LogP) is 1.05. The van der Waals surface area contributed by atoms with Crippen molar-refractivity contribution in [2.24, 2.45) is 0 Å². The number of quaternary nitrogens is 1. The zero-order valence-electron chi connectivity index (χ0n) is 13.0. The van der Waals surface area contributed by atoms with Crippen LogP contribution in [0, 0.1) is 0 Å². The molecule has 0 saturated heterocycles. The van der Waals surface area contributed by atoms with Crippen molar-refractivity contribution in [2.45, 2.75) is 12.5 Å². The summed E-state index contributed by atoms with van der Waals surface area (Å²) in [4.78, 5) is 13.1. The second-order valence-electron chi connectivity index (χ2n) is 5.36. The molecule has 118 valence electrons. The fourth-order valence-electron chi connectivity index (χ4n) is 2.16. The maximum Gasteiger partial charge on any atom is 0.223 e. The van der Waals surface area contributed by atoms with Crippen molar-refractivity contribution in [3.8, 4) is 5.75 Å². The first-order chi connectivity index (χ1) is 10.7. The van der Waals surface area contributed by atoms with Gasteiger partial charge >= 0.3 is 0 Å². The molecular formula is C17H23N2O3+. The zero-order chi connectivity index (χ0) is 15.8. The highest BCUT2D eigenvalue weighted by molar-refractivity contribution is 5.76. The molecule has 1 aromatic heterocycles. The van der Waals surface area contributed by atoms with Crippen molar-refractivity contribution in [1.29, 1.82) is 0 Å². The number of benzene rings is 1. The molecule has 0 saturated carbocycles. The summed E-state index contributed by atoms with van der Waals surface area (Å²) in [5, 5.41) is 2.94. The Hall–Kier alpha value is -2.27. The highest BCUT2D eigenvalue weighted by Gasteiger charge is 2.21. The number of carbonyl (C=O) groups is 1. The lowest BCUT2D eigenvalue weighted by Crippen LogP contribution is -3.07. The molecule has 1 amide bonds. The van der Waals surface area contributed by atoms with Gasteiger partial charge in [-0.15, -0.1) is 0 Å². The first-order valence-electron chi connectivity index (χ1n) is 7.45. The Labute approximate surface area is 130 Å². The molecule has 1 heterocycles. The van der Waals surface area contributed by atoms with Gasteiger partial charge in [-0.25, -0.2) is 0 Å². The van der Waals surface area contributed by atoms with Crippen LogP contribution in [-0.2, 0) is 4.79 Å². The Morgan fingerprint density at radius 2 is 2.00 bits per heavy atom. The van der Waals surface area contributed by atoms with Gasteiger partial charge in [-0.2, -0.15) is 0 Å². The average Bonchev–Trinajstić information content (AvgIpc) is 3.02. The van der Waals surface area contributed by atoms with Crippen molar-refractivity contribution < 1.29 is 18.8 Å². The minimum absolute atomic E-state index is 0.0197. The van der Waals surface area contributed by atoms with Crippen LogP contribution in [-0.4, -0.2) is 33.2 Å². The molecule has 5 nitrogen and oxygen atoms in total. The summed E-state index contributed by atoms with van der Waals surface area (Å²) in [6.45, 7) is 0.913. The van der Waals surface area contributed by atoms with Crippen LogP contribution in [0.2, 0.25) is 0 Å². The van der Waals surface area contributed by atoms with E-state index in [2.05, 4.69) is 5.32 Å². The number of ether oxygens (including phenoxy) is 1. The number of para-hydroxylation sites is 1. The van der Waals surface area contributed by atoms with E-state index in [1.807, 2.05) is 56.6 Å². The molecule has 0 spiro atoms. The molecule has 1 atom stereocenters. The van der Waals surface area contributed by atoms with E-state index >= 15 is 0 Å². The summed E-state index contributed by atoms with van der Waals surface area (Å²) < 4.78 is 10.9. The van der Waals surface area contributed by atoms with Crippen molar-refractivity contribution in [3.05, 3.63) is 54.5 Å². The summed E-state index contributed by atoms with van der Waals surface area (Å²) in [6.07, 6.45) is 1.99. The summed E-state index contributed by atoms with van der Waals surface area (Å²) in [5.41, 5.74) is 0. The molecular weight excluding hydrogens is 280 g/mol. The van der Waals surface area contributed by atoms with Gasteiger partial charge < -0.3 is 19.4 Å². The Morgan fingerprint density at radius 1 is 1.23 bits per heavy atom. The number of furan rings is 1. The third-order valence-corrected chi connectivity index (χ3v) is 3.43. The lowest BCUT2D eigenvalue weighted by molar-refractivity contribution is -0.891. The number of hydrogen-bond acceptors (Lipinski definition) is 3. The van der Waals surface area contributed by atoms with Gasteiger partial charge in [-0.1, -0.05) is 18.2 Å². The van der Waals surface area contributed by atoms with Crippen LogP contribution < -0.4 is 15.0 Å². The van der Waals surface area contributed by atoms with E-state index in [-0.39, 0.29) is 11.9 Å². The van der Waals surface area contributed by atoms with Crippen LogP contribution in [0.25, 0.3) is 0 Å². The monoisotopic (exact) mass is 303 g/mol. The smallest absolute Gasteiger partial charge is 0.223 e. The molecule has 0 aliphatic rings. The quantitative estimate of drug-likeness (QED) is 0.766. The molecule has 5 heteroatoms. The van der Waals surface area contributed by atoms with Gasteiger partial charge in [-0.3, -0.25) is 4.79 Å². The highest BCUT2D eigenvalue weighted by atomic mass is 16.5. The zero-order valence-corrected chi connectivity index (χ0v) is 13.0. The van der Waals surface area contributed by atoms with Crippen LogP contribution in [0.4, 0.5) is 0 Å². The summed E-state index contributed by atoms with van der Waals surface area (Å²) >= 11 is 0. The Kier molecular flexibility index (Phi) is 6.03. The molecule has 0 fully saturated rings. The number of hydrogen-bond donors (Lipinski definition) is 2. The van der Waals surface area contributed by atoms with Crippen molar-refractivity contribution in [3.63, 3.8) is 0 Å². The van der Waals surface area contributed by atoms with Crippen LogP contribution in [0.3, 0.4) is 0 Å². The molecule has 0 unspecified atom stereocenters. The van der Waals surface area contributed by atoms with Gasteiger partial charge in [-0.05, 0) is 24.3 Å². The number of likely N-dealkylation sites (N-methyl/N-ethyl adjacent to an activating group) is 1. The maximum atomic E-state index is 11.9. The van der Waals surface area contributed by atoms with Crippen LogP contribution in [0.15, 0.2) is 53.1 Å². The van der Waals surface area contributed by atoms with Crippen molar-refractivity contribution >= 4 is 5.91 Å². The van der Waals surface area contributed by atoms with E-state index in [1.165, 1.54) is 4.90 Å². The third-order valence-electron chi connectivity index (χ3n) is 3.43. The van der Waals surface area contributed by atoms with E-state index < -0.39 is 0 Å². The Bertz CT molecular complexity index is 553. The highest BCUT2D eigenvalue weighted by Crippen LogP contribution is 2.10. The molecule has 0 bridgehead atoms. The summed E-state index contributed by atoms with van der Waals surface area (Å²) in [6, 6.07) is 13.4. The fraction of sp³-hybridized carbons (Fsp3) is 0.353. The van der Waals surface area contributed by atoms with E-state index in [9.17, 15) is 4.79 Å².